The molecule has 2 amide bonds. The maximum atomic E-state index is 12.1. The number of hydrogen-bond donors (Lipinski definition) is 1. The van der Waals surface area contributed by atoms with E-state index in [0.717, 1.165) is 11.1 Å². The molecule has 1 aliphatic heterocycles. The lowest BCUT2D eigenvalue weighted by Gasteiger charge is -2.26. The minimum absolute atomic E-state index is 0.0428. The zero-order valence-corrected chi connectivity index (χ0v) is 14.0. The number of carbonyl (C=O) groups excluding carboxylic acids is 2. The van der Waals surface area contributed by atoms with Crippen LogP contribution in [-0.2, 0) is 22.6 Å². The van der Waals surface area contributed by atoms with E-state index in [0.29, 0.717) is 23.0 Å². The number of nitrogens with one attached hydrogen (secondary N) is 1. The first-order chi connectivity index (χ1) is 11.5. The van der Waals surface area contributed by atoms with Gasteiger partial charge in [0.25, 0.3) is 5.91 Å². The van der Waals surface area contributed by atoms with Gasteiger partial charge in [0.1, 0.15) is 5.75 Å². The van der Waals surface area contributed by atoms with Crippen molar-refractivity contribution in [3.05, 3.63) is 58.6 Å². The number of fused-ring (bicyclic) bond motifs is 1. The van der Waals surface area contributed by atoms with E-state index in [1.807, 2.05) is 30.3 Å². The van der Waals surface area contributed by atoms with Gasteiger partial charge in [0.2, 0.25) is 5.91 Å². The lowest BCUT2D eigenvalue weighted by Crippen LogP contribution is -2.35. The molecule has 0 fully saturated rings. The van der Waals surface area contributed by atoms with Crippen molar-refractivity contribution in [1.82, 2.24) is 5.32 Å². The zero-order valence-electron chi connectivity index (χ0n) is 13.2. The summed E-state index contributed by atoms with van der Waals surface area (Å²) in [7, 11) is 1.70. The molecule has 0 radical (unpaired) electrons. The van der Waals surface area contributed by atoms with Crippen LogP contribution in [0.4, 0.5) is 5.69 Å². The Hall–Kier alpha value is -2.53. The molecular weight excluding hydrogens is 328 g/mol. The van der Waals surface area contributed by atoms with Gasteiger partial charge in [0, 0.05) is 18.6 Å². The predicted molar refractivity (Wildman–Crippen MR) is 92.3 cm³/mol. The van der Waals surface area contributed by atoms with Crippen LogP contribution in [0.5, 0.6) is 5.75 Å². The molecule has 0 bridgehead atoms. The molecule has 24 heavy (non-hydrogen) atoms. The summed E-state index contributed by atoms with van der Waals surface area (Å²) in [5.74, 6) is 0.431. The number of benzene rings is 2. The van der Waals surface area contributed by atoms with Crippen LogP contribution in [0.3, 0.4) is 0 Å². The minimum Gasteiger partial charge on any atom is -0.482 e. The molecule has 0 atom stereocenters. The quantitative estimate of drug-likeness (QED) is 0.927. The molecule has 1 N–H and O–H groups in total. The van der Waals surface area contributed by atoms with Crippen molar-refractivity contribution in [1.29, 1.82) is 0 Å². The topological polar surface area (TPSA) is 58.6 Å². The van der Waals surface area contributed by atoms with Crippen LogP contribution in [0.2, 0.25) is 5.02 Å². The van der Waals surface area contributed by atoms with Gasteiger partial charge in [-0.25, -0.2) is 0 Å². The molecular formula is C18H17ClN2O3. The summed E-state index contributed by atoms with van der Waals surface area (Å²) in [6, 6.07) is 12.8. The van der Waals surface area contributed by atoms with Gasteiger partial charge in [-0.15, -0.1) is 0 Å². The lowest BCUT2D eigenvalue weighted by atomic mass is 10.1. The van der Waals surface area contributed by atoms with E-state index in [1.54, 1.807) is 24.1 Å². The van der Waals surface area contributed by atoms with Gasteiger partial charge in [-0.05, 0) is 29.3 Å². The Morgan fingerprint density at radius 3 is 2.88 bits per heavy atom. The molecule has 0 unspecified atom stereocenters. The number of hydrogen-bond acceptors (Lipinski definition) is 3. The maximum absolute atomic E-state index is 12.1. The standard InChI is InChI=1S/C18H17ClN2O3/c1-21-15-8-12(6-7-16(15)24-11-18(21)23)9-17(22)20-10-13-4-2-3-5-14(13)19/h2-8H,9-11H2,1H3,(H,20,22). The minimum atomic E-state index is -0.111. The highest BCUT2D eigenvalue weighted by atomic mass is 35.5. The molecule has 124 valence electrons. The molecule has 6 heteroatoms. The molecule has 0 saturated heterocycles. The molecule has 0 spiro atoms. The number of carbonyl (C=O) groups is 2. The van der Waals surface area contributed by atoms with E-state index in [1.165, 1.54) is 0 Å². The van der Waals surface area contributed by atoms with Crippen molar-refractivity contribution in [3.63, 3.8) is 0 Å². The van der Waals surface area contributed by atoms with Gasteiger partial charge in [-0.3, -0.25) is 9.59 Å². The summed E-state index contributed by atoms with van der Waals surface area (Å²) >= 11 is 6.07. The first-order valence-electron chi connectivity index (χ1n) is 7.57. The fraction of sp³-hybridized carbons (Fsp3) is 0.222. The van der Waals surface area contributed by atoms with Crippen molar-refractivity contribution in [2.24, 2.45) is 0 Å². The molecule has 2 aromatic carbocycles. The molecule has 3 rings (SSSR count). The summed E-state index contributed by atoms with van der Waals surface area (Å²) in [6.45, 7) is 0.423. The van der Waals surface area contributed by atoms with Gasteiger partial charge in [-0.2, -0.15) is 0 Å². The van der Waals surface area contributed by atoms with E-state index < -0.39 is 0 Å². The Labute approximate surface area is 145 Å². The fourth-order valence-electron chi connectivity index (χ4n) is 2.51. The van der Waals surface area contributed by atoms with E-state index in [4.69, 9.17) is 16.3 Å². The van der Waals surface area contributed by atoms with Gasteiger partial charge in [0.15, 0.2) is 6.61 Å². The highest BCUT2D eigenvalue weighted by molar-refractivity contribution is 6.31. The normalized spacial score (nSPS) is 13.2. The van der Waals surface area contributed by atoms with Crippen molar-refractivity contribution >= 4 is 29.1 Å². The Kier molecular flexibility index (Phi) is 4.71. The molecule has 0 aliphatic carbocycles. The summed E-state index contributed by atoms with van der Waals surface area (Å²) in [6.07, 6.45) is 0.222. The molecule has 1 heterocycles. The van der Waals surface area contributed by atoms with Crippen LogP contribution in [0.25, 0.3) is 0 Å². The Bertz CT molecular complexity index is 792. The van der Waals surface area contributed by atoms with E-state index in [2.05, 4.69) is 5.32 Å². The van der Waals surface area contributed by atoms with E-state index in [-0.39, 0.29) is 24.8 Å². The van der Waals surface area contributed by atoms with Crippen molar-refractivity contribution < 1.29 is 14.3 Å². The largest absolute Gasteiger partial charge is 0.482 e. The predicted octanol–water partition coefficient (Wildman–Crippen LogP) is 2.55. The molecule has 0 saturated carbocycles. The van der Waals surface area contributed by atoms with Crippen molar-refractivity contribution in [2.75, 3.05) is 18.6 Å². The van der Waals surface area contributed by atoms with Crippen LogP contribution < -0.4 is 15.0 Å². The second kappa shape index (κ2) is 6.93. The fourth-order valence-corrected chi connectivity index (χ4v) is 2.71. The Morgan fingerprint density at radius 1 is 1.29 bits per heavy atom. The van der Waals surface area contributed by atoms with E-state index in [9.17, 15) is 9.59 Å². The third-order valence-electron chi connectivity index (χ3n) is 3.91. The third-order valence-corrected chi connectivity index (χ3v) is 4.28. The van der Waals surface area contributed by atoms with Crippen LogP contribution in [0.15, 0.2) is 42.5 Å². The van der Waals surface area contributed by atoms with Gasteiger partial charge in [-0.1, -0.05) is 35.9 Å². The average Bonchev–Trinajstić information content (AvgIpc) is 2.58. The smallest absolute Gasteiger partial charge is 0.264 e. The van der Waals surface area contributed by atoms with Gasteiger partial charge in [0.05, 0.1) is 12.1 Å². The van der Waals surface area contributed by atoms with Crippen LogP contribution >= 0.6 is 11.6 Å². The monoisotopic (exact) mass is 344 g/mol. The third kappa shape index (κ3) is 3.51. The number of amides is 2. The van der Waals surface area contributed by atoms with Crippen molar-refractivity contribution in [2.45, 2.75) is 13.0 Å². The summed E-state index contributed by atoms with van der Waals surface area (Å²) in [4.78, 5) is 25.4. The first kappa shape index (κ1) is 16.3. The molecule has 2 aromatic rings. The summed E-state index contributed by atoms with van der Waals surface area (Å²) in [5.41, 5.74) is 2.37. The molecule has 0 aromatic heterocycles. The average molecular weight is 345 g/mol. The maximum Gasteiger partial charge on any atom is 0.264 e. The highest BCUT2D eigenvalue weighted by Gasteiger charge is 2.22. The zero-order chi connectivity index (χ0) is 17.1. The summed E-state index contributed by atoms with van der Waals surface area (Å²) < 4.78 is 5.38. The van der Waals surface area contributed by atoms with Crippen LogP contribution in [-0.4, -0.2) is 25.5 Å². The van der Waals surface area contributed by atoms with Gasteiger partial charge < -0.3 is 15.0 Å². The lowest BCUT2D eigenvalue weighted by molar-refractivity contribution is -0.121. The summed E-state index contributed by atoms with van der Waals surface area (Å²) in [5, 5.41) is 3.48. The van der Waals surface area contributed by atoms with E-state index >= 15 is 0 Å². The number of ether oxygens (including phenoxy) is 1. The number of anilines is 1. The number of nitrogens with zero attached hydrogens (tertiary/aromatic N) is 1. The number of halogens is 1. The Morgan fingerprint density at radius 2 is 2.08 bits per heavy atom. The van der Waals surface area contributed by atoms with Gasteiger partial charge >= 0.3 is 0 Å². The SMILES string of the molecule is CN1C(=O)COc2ccc(CC(=O)NCc3ccccc3Cl)cc21. The van der Waals surface area contributed by atoms with Crippen LogP contribution in [0.1, 0.15) is 11.1 Å². The first-order valence-corrected chi connectivity index (χ1v) is 7.95. The number of likely N-dealkylation sites (N-methyl/N-ethyl adjacent to an activating group) is 1. The Balaban J connectivity index is 1.65. The molecule has 1 aliphatic rings. The van der Waals surface area contributed by atoms with Crippen molar-refractivity contribution in [3.8, 4) is 5.75 Å². The second-order valence-corrected chi connectivity index (χ2v) is 6.00. The van der Waals surface area contributed by atoms with Crippen LogP contribution in [0, 0.1) is 0 Å². The number of rotatable bonds is 4. The molecule has 5 nitrogen and oxygen atoms in total. The second-order valence-electron chi connectivity index (χ2n) is 5.59. The highest BCUT2D eigenvalue weighted by Crippen LogP contribution is 2.32.